The van der Waals surface area contributed by atoms with E-state index in [1.807, 2.05) is 13.8 Å². The van der Waals surface area contributed by atoms with Gasteiger partial charge in [-0.15, -0.1) is 23.5 Å². The van der Waals surface area contributed by atoms with Gasteiger partial charge in [0, 0.05) is 0 Å². The topological polar surface area (TPSA) is 57.5 Å². The van der Waals surface area contributed by atoms with E-state index >= 15 is 0 Å². The average Bonchev–Trinajstić information content (AvgIpc) is 2.27. The Morgan fingerprint density at radius 1 is 1.18 bits per heavy atom. The minimum absolute atomic E-state index is 0.0752. The molecule has 0 amide bonds. The van der Waals surface area contributed by atoms with Gasteiger partial charge in [0.05, 0.1) is 15.4 Å². The second-order valence-corrected chi connectivity index (χ2v) is 5.95. The lowest BCUT2D eigenvalue weighted by Gasteiger charge is -2.13. The third kappa shape index (κ3) is 3.10. The molecule has 3 nitrogen and oxygen atoms in total. The van der Waals surface area contributed by atoms with Gasteiger partial charge < -0.3 is 10.2 Å². The van der Waals surface area contributed by atoms with Crippen LogP contribution in [0.4, 0.5) is 0 Å². The van der Waals surface area contributed by atoms with Crippen LogP contribution in [0.1, 0.15) is 31.1 Å². The van der Waals surface area contributed by atoms with Gasteiger partial charge in [-0.3, -0.25) is 4.79 Å². The van der Waals surface area contributed by atoms with Crippen molar-refractivity contribution < 1.29 is 15.0 Å². The first-order valence-electron chi connectivity index (χ1n) is 5.38. The van der Waals surface area contributed by atoms with Crippen molar-refractivity contribution in [3.05, 3.63) is 11.6 Å². The lowest BCUT2D eigenvalue weighted by Crippen LogP contribution is -1.96. The Bertz CT molecular complexity index is 430. The zero-order valence-corrected chi connectivity index (χ0v) is 11.7. The van der Waals surface area contributed by atoms with E-state index < -0.39 is 0 Å². The van der Waals surface area contributed by atoms with E-state index in [9.17, 15) is 15.0 Å². The molecule has 0 saturated carbocycles. The molecule has 0 heterocycles. The highest BCUT2D eigenvalue weighted by Gasteiger charge is 2.19. The first-order valence-corrected chi connectivity index (χ1v) is 7.35. The Hall–Kier alpha value is -0.810. The summed E-state index contributed by atoms with van der Waals surface area (Å²) in [6.07, 6.45) is 0. The second kappa shape index (κ2) is 6.21. The number of Topliss-reactive ketones (excluding diaryl/α,β-unsaturated/α-hetero) is 1. The Kier molecular flexibility index (Phi) is 5.21. The van der Waals surface area contributed by atoms with Gasteiger partial charge in [0.15, 0.2) is 5.78 Å². The molecule has 1 aromatic rings. The largest absolute Gasteiger partial charge is 0.506 e. The quantitative estimate of drug-likeness (QED) is 0.634. The van der Waals surface area contributed by atoms with Crippen molar-refractivity contribution in [2.75, 3.05) is 11.5 Å². The molecule has 0 atom stereocenters. The van der Waals surface area contributed by atoms with Crippen molar-refractivity contribution in [2.45, 2.75) is 30.6 Å². The molecule has 0 spiro atoms. The van der Waals surface area contributed by atoms with Crippen molar-refractivity contribution in [3.63, 3.8) is 0 Å². The molecule has 0 aromatic heterocycles. The minimum atomic E-state index is -0.196. The molecule has 0 radical (unpaired) electrons. The fourth-order valence-corrected chi connectivity index (χ4v) is 3.03. The summed E-state index contributed by atoms with van der Waals surface area (Å²) in [6.45, 7) is 5.31. The molecule has 0 aliphatic heterocycles. The van der Waals surface area contributed by atoms with Gasteiger partial charge in [0.25, 0.3) is 0 Å². The van der Waals surface area contributed by atoms with Gasteiger partial charge >= 0.3 is 0 Å². The summed E-state index contributed by atoms with van der Waals surface area (Å²) in [6, 6.07) is 1.56. The van der Waals surface area contributed by atoms with Crippen LogP contribution in [0.3, 0.4) is 0 Å². The molecule has 5 heteroatoms. The molecular formula is C12H16O3S2. The molecule has 0 aliphatic rings. The predicted molar refractivity (Wildman–Crippen MR) is 72.6 cm³/mol. The van der Waals surface area contributed by atoms with Crippen LogP contribution in [0, 0.1) is 0 Å². The molecule has 1 rings (SSSR count). The Morgan fingerprint density at radius 2 is 1.76 bits per heavy atom. The van der Waals surface area contributed by atoms with Crippen molar-refractivity contribution in [3.8, 4) is 11.5 Å². The number of carbonyl (C=O) groups excluding carboxylic acids is 1. The van der Waals surface area contributed by atoms with E-state index in [-0.39, 0.29) is 22.8 Å². The number of aromatic hydroxyl groups is 2. The van der Waals surface area contributed by atoms with Crippen LogP contribution in [0.2, 0.25) is 0 Å². The number of thioether (sulfide) groups is 2. The number of hydrogen-bond donors (Lipinski definition) is 2. The van der Waals surface area contributed by atoms with Crippen LogP contribution >= 0.6 is 23.5 Å². The van der Waals surface area contributed by atoms with Gasteiger partial charge in [0.1, 0.15) is 11.5 Å². The monoisotopic (exact) mass is 272 g/mol. The van der Waals surface area contributed by atoms with Crippen LogP contribution in [0.5, 0.6) is 11.5 Å². The summed E-state index contributed by atoms with van der Waals surface area (Å²) in [5.41, 5.74) is 0.273. The van der Waals surface area contributed by atoms with Gasteiger partial charge in [-0.05, 0) is 24.5 Å². The highest BCUT2D eigenvalue weighted by Crippen LogP contribution is 2.45. The lowest BCUT2D eigenvalue weighted by atomic mass is 10.1. The number of benzene rings is 1. The number of hydrogen-bond acceptors (Lipinski definition) is 5. The van der Waals surface area contributed by atoms with E-state index in [1.165, 1.54) is 30.4 Å². The zero-order chi connectivity index (χ0) is 13.0. The third-order valence-corrected chi connectivity index (χ3v) is 4.04. The zero-order valence-electron chi connectivity index (χ0n) is 10.1. The predicted octanol–water partition coefficient (Wildman–Crippen LogP) is 3.52. The van der Waals surface area contributed by atoms with E-state index in [0.717, 1.165) is 11.5 Å². The molecule has 94 valence electrons. The number of rotatable bonds is 5. The van der Waals surface area contributed by atoms with Crippen molar-refractivity contribution in [1.29, 1.82) is 0 Å². The van der Waals surface area contributed by atoms with Crippen molar-refractivity contribution in [2.24, 2.45) is 0 Å². The first kappa shape index (κ1) is 14.3. The average molecular weight is 272 g/mol. The maximum Gasteiger partial charge on any atom is 0.163 e. The summed E-state index contributed by atoms with van der Waals surface area (Å²) in [4.78, 5) is 12.5. The van der Waals surface area contributed by atoms with Crippen LogP contribution in [0.25, 0.3) is 0 Å². The maximum absolute atomic E-state index is 11.4. The van der Waals surface area contributed by atoms with Gasteiger partial charge in [-0.1, -0.05) is 13.8 Å². The highest BCUT2D eigenvalue weighted by atomic mass is 32.2. The maximum atomic E-state index is 11.4. The second-order valence-electron chi connectivity index (χ2n) is 3.37. The van der Waals surface area contributed by atoms with Gasteiger partial charge in [0.2, 0.25) is 0 Å². The summed E-state index contributed by atoms with van der Waals surface area (Å²) in [7, 11) is 0. The highest BCUT2D eigenvalue weighted by molar-refractivity contribution is 8.00. The smallest absolute Gasteiger partial charge is 0.163 e. The van der Waals surface area contributed by atoms with Crippen molar-refractivity contribution >= 4 is 29.3 Å². The van der Waals surface area contributed by atoms with E-state index in [0.29, 0.717) is 9.79 Å². The molecule has 0 aliphatic carbocycles. The van der Waals surface area contributed by atoms with E-state index in [4.69, 9.17) is 0 Å². The number of phenolic OH excluding ortho intramolecular Hbond substituents is 2. The molecule has 0 fully saturated rings. The standard InChI is InChI=1S/C12H16O3S2/c1-4-16-9-6-8(7(3)13)10(14)12(11(9)15)17-5-2/h6,14-15H,4-5H2,1-3H3. The SMILES string of the molecule is CCSc1cc(C(C)=O)c(O)c(SCC)c1O. The van der Waals surface area contributed by atoms with E-state index in [1.54, 1.807) is 6.07 Å². The molecular weight excluding hydrogens is 256 g/mol. The van der Waals surface area contributed by atoms with Crippen LogP contribution in [-0.4, -0.2) is 27.5 Å². The number of ketones is 1. The van der Waals surface area contributed by atoms with Gasteiger partial charge in [-0.25, -0.2) is 0 Å². The summed E-state index contributed by atoms with van der Waals surface area (Å²) >= 11 is 2.79. The van der Waals surface area contributed by atoms with Crippen LogP contribution in [0.15, 0.2) is 15.9 Å². The Balaban J connectivity index is 3.40. The summed E-state index contributed by atoms with van der Waals surface area (Å²) in [5.74, 6) is 1.29. The van der Waals surface area contributed by atoms with E-state index in [2.05, 4.69) is 0 Å². The Labute approximate surface area is 110 Å². The summed E-state index contributed by atoms with van der Waals surface area (Å²) in [5, 5.41) is 20.0. The number of carbonyl (C=O) groups is 1. The fraction of sp³-hybridized carbons (Fsp3) is 0.417. The molecule has 17 heavy (non-hydrogen) atoms. The summed E-state index contributed by atoms with van der Waals surface area (Å²) < 4.78 is 0. The lowest BCUT2D eigenvalue weighted by molar-refractivity contribution is 0.101. The first-order chi connectivity index (χ1) is 8.02. The molecule has 0 saturated heterocycles. The molecule has 1 aromatic carbocycles. The fourth-order valence-electron chi connectivity index (χ4n) is 1.43. The molecule has 0 unspecified atom stereocenters. The third-order valence-electron chi connectivity index (χ3n) is 2.16. The van der Waals surface area contributed by atoms with Crippen molar-refractivity contribution in [1.82, 2.24) is 0 Å². The van der Waals surface area contributed by atoms with Gasteiger partial charge in [-0.2, -0.15) is 0 Å². The molecule has 2 N–H and O–H groups in total. The Morgan fingerprint density at radius 3 is 2.24 bits per heavy atom. The normalized spacial score (nSPS) is 10.5. The number of phenols is 2. The minimum Gasteiger partial charge on any atom is -0.506 e. The molecule has 0 bridgehead atoms. The van der Waals surface area contributed by atoms with Crippen LogP contribution in [-0.2, 0) is 0 Å². The van der Waals surface area contributed by atoms with Crippen LogP contribution < -0.4 is 0 Å².